The molecule has 2 aliphatic rings. The number of hydrogen-bond donors (Lipinski definition) is 1. The van der Waals surface area contributed by atoms with Crippen molar-refractivity contribution in [1.82, 2.24) is 14.7 Å². The second-order valence-electron chi connectivity index (χ2n) is 7.87. The van der Waals surface area contributed by atoms with Crippen molar-refractivity contribution in [1.29, 1.82) is 0 Å². The average molecular weight is 326 g/mol. The van der Waals surface area contributed by atoms with Crippen LogP contribution in [-0.4, -0.2) is 39.6 Å². The van der Waals surface area contributed by atoms with Crippen molar-refractivity contribution >= 4 is 22.7 Å². The Balaban J connectivity index is 1.55. The fourth-order valence-corrected chi connectivity index (χ4v) is 4.80. The summed E-state index contributed by atoms with van der Waals surface area (Å²) in [5.41, 5.74) is 6.14. The first kappa shape index (κ1) is 15.2. The maximum Gasteiger partial charge on any atom is 0.244 e. The predicted octanol–water partition coefficient (Wildman–Crippen LogP) is 1.40. The largest absolute Gasteiger partial charge is 0.369 e. The van der Waals surface area contributed by atoms with E-state index in [0.29, 0.717) is 13.1 Å². The van der Waals surface area contributed by atoms with E-state index < -0.39 is 5.41 Å². The second-order valence-corrected chi connectivity index (χ2v) is 7.87. The number of carbonyl (C=O) groups excluding carboxylic acids is 2. The second kappa shape index (κ2) is 4.82. The summed E-state index contributed by atoms with van der Waals surface area (Å²) >= 11 is 0. The van der Waals surface area contributed by atoms with Crippen LogP contribution in [0.5, 0.6) is 0 Å². The third-order valence-corrected chi connectivity index (χ3v) is 5.94. The van der Waals surface area contributed by atoms with E-state index in [-0.39, 0.29) is 29.7 Å². The maximum absolute atomic E-state index is 12.8. The highest BCUT2D eigenvalue weighted by atomic mass is 16.2. The predicted molar refractivity (Wildman–Crippen MR) is 89.8 cm³/mol. The summed E-state index contributed by atoms with van der Waals surface area (Å²) in [6.45, 7) is 5.53. The zero-order valence-corrected chi connectivity index (χ0v) is 14.0. The normalized spacial score (nSPS) is 27.8. The third kappa shape index (κ3) is 1.98. The molecule has 1 saturated heterocycles. The molecule has 2 heterocycles. The van der Waals surface area contributed by atoms with Gasteiger partial charge in [-0.1, -0.05) is 32.0 Å². The monoisotopic (exact) mass is 326 g/mol. The Morgan fingerprint density at radius 1 is 1.33 bits per heavy atom. The molecule has 1 saturated carbocycles. The van der Waals surface area contributed by atoms with Crippen molar-refractivity contribution in [2.45, 2.75) is 26.8 Å². The Morgan fingerprint density at radius 3 is 2.75 bits per heavy atom. The molecule has 2 N–H and O–H groups in total. The molecule has 0 radical (unpaired) electrons. The molecule has 0 spiro atoms. The number of amides is 2. The van der Waals surface area contributed by atoms with Crippen molar-refractivity contribution in [2.75, 3.05) is 13.1 Å². The van der Waals surface area contributed by atoms with Crippen LogP contribution in [-0.2, 0) is 16.1 Å². The van der Waals surface area contributed by atoms with E-state index in [1.165, 1.54) is 0 Å². The van der Waals surface area contributed by atoms with Gasteiger partial charge in [0.05, 0.1) is 17.1 Å². The van der Waals surface area contributed by atoms with Gasteiger partial charge in [-0.25, -0.2) is 0 Å². The Labute approximate surface area is 140 Å². The highest BCUT2D eigenvalue weighted by molar-refractivity contribution is 5.86. The lowest BCUT2D eigenvalue weighted by atomic mass is 9.48. The molecule has 6 heteroatoms. The number of para-hydroxylation sites is 1. The zero-order chi connectivity index (χ0) is 17.1. The molecule has 4 rings (SSSR count). The fourth-order valence-electron chi connectivity index (χ4n) is 4.80. The number of benzene rings is 1. The first-order valence-corrected chi connectivity index (χ1v) is 8.32. The first-order chi connectivity index (χ1) is 11.3. The minimum atomic E-state index is -0.536. The smallest absolute Gasteiger partial charge is 0.244 e. The molecule has 2 fully saturated rings. The van der Waals surface area contributed by atoms with E-state index in [0.717, 1.165) is 17.3 Å². The summed E-state index contributed by atoms with van der Waals surface area (Å²) in [5.74, 6) is -0.123. The number of nitrogens with two attached hydrogens (primary N) is 1. The number of aromatic nitrogens is 2. The molecular weight excluding hydrogens is 304 g/mol. The van der Waals surface area contributed by atoms with E-state index in [1.807, 2.05) is 24.3 Å². The van der Waals surface area contributed by atoms with Gasteiger partial charge in [-0.3, -0.25) is 14.3 Å². The minimum absolute atomic E-state index is 0.00493. The topological polar surface area (TPSA) is 81.2 Å². The van der Waals surface area contributed by atoms with Crippen LogP contribution in [0.1, 0.15) is 20.3 Å². The number of nitrogens with zero attached hydrogens (tertiary/aromatic N) is 3. The fraction of sp³-hybridized carbons (Fsp3) is 0.500. The Kier molecular flexibility index (Phi) is 3.04. The molecule has 0 bridgehead atoms. The molecule has 6 nitrogen and oxygen atoms in total. The Bertz CT molecular complexity index is 840. The van der Waals surface area contributed by atoms with Gasteiger partial charge in [0.1, 0.15) is 6.54 Å². The van der Waals surface area contributed by atoms with Crippen molar-refractivity contribution < 1.29 is 9.59 Å². The lowest BCUT2D eigenvalue weighted by molar-refractivity contribution is -0.148. The summed E-state index contributed by atoms with van der Waals surface area (Å²) in [6.07, 6.45) is 2.53. The molecule has 0 unspecified atom stereocenters. The van der Waals surface area contributed by atoms with Gasteiger partial charge in [0, 0.05) is 18.5 Å². The molecule has 1 aromatic heterocycles. The number of rotatable bonds is 3. The molecule has 2 atom stereocenters. The number of carbonyl (C=O) groups is 2. The van der Waals surface area contributed by atoms with Crippen molar-refractivity contribution in [2.24, 2.45) is 22.5 Å². The summed E-state index contributed by atoms with van der Waals surface area (Å²) in [6, 6.07) is 7.82. The maximum atomic E-state index is 12.8. The van der Waals surface area contributed by atoms with E-state index >= 15 is 0 Å². The van der Waals surface area contributed by atoms with Gasteiger partial charge in [0.15, 0.2) is 0 Å². The van der Waals surface area contributed by atoms with Crippen LogP contribution in [0.4, 0.5) is 0 Å². The number of fused-ring (bicyclic) bond motifs is 2. The lowest BCUT2D eigenvalue weighted by Crippen LogP contribution is -2.59. The highest BCUT2D eigenvalue weighted by Crippen LogP contribution is 2.62. The zero-order valence-electron chi connectivity index (χ0n) is 14.0. The van der Waals surface area contributed by atoms with E-state index in [2.05, 4.69) is 18.9 Å². The van der Waals surface area contributed by atoms with Crippen molar-refractivity contribution in [3.05, 3.63) is 30.5 Å². The number of hydrogen-bond acceptors (Lipinski definition) is 3. The Hall–Kier alpha value is -2.37. The lowest BCUT2D eigenvalue weighted by Gasteiger charge is -2.54. The van der Waals surface area contributed by atoms with Gasteiger partial charge < -0.3 is 10.6 Å². The van der Waals surface area contributed by atoms with Crippen LogP contribution in [0.3, 0.4) is 0 Å². The van der Waals surface area contributed by atoms with Gasteiger partial charge in [0.2, 0.25) is 11.8 Å². The van der Waals surface area contributed by atoms with Gasteiger partial charge >= 0.3 is 0 Å². The molecule has 126 valence electrons. The van der Waals surface area contributed by atoms with Crippen LogP contribution in [0, 0.1) is 16.7 Å². The highest BCUT2D eigenvalue weighted by Gasteiger charge is 2.66. The molecule has 24 heavy (non-hydrogen) atoms. The number of likely N-dealkylation sites (tertiary alicyclic amines) is 1. The SMILES string of the molecule is CC1(C)C[C@]2(C(N)=O)CN(C(=O)Cn3ncc4ccccc43)C[C@H]12. The van der Waals surface area contributed by atoms with Crippen LogP contribution in [0.25, 0.3) is 10.9 Å². The van der Waals surface area contributed by atoms with Crippen molar-refractivity contribution in [3.8, 4) is 0 Å². The van der Waals surface area contributed by atoms with Gasteiger partial charge in [-0.05, 0) is 23.8 Å². The standard InChI is InChI=1S/C18H22N4O2/c1-17(2)10-18(16(19)24)11-21(8-14(17)18)15(23)9-22-13-6-4-3-5-12(13)7-20-22/h3-7,14H,8-11H2,1-2H3,(H2,19,24)/t14-,18+/m1/s1. The summed E-state index contributed by atoms with van der Waals surface area (Å²) in [4.78, 5) is 26.6. The van der Waals surface area contributed by atoms with Crippen LogP contribution in [0.2, 0.25) is 0 Å². The Morgan fingerprint density at radius 2 is 2.08 bits per heavy atom. The summed E-state index contributed by atoms with van der Waals surface area (Å²) in [5, 5.41) is 5.33. The third-order valence-electron chi connectivity index (χ3n) is 5.94. The molecule has 2 amide bonds. The van der Waals surface area contributed by atoms with E-state index in [9.17, 15) is 9.59 Å². The van der Waals surface area contributed by atoms with E-state index in [4.69, 9.17) is 5.73 Å². The first-order valence-electron chi connectivity index (χ1n) is 8.32. The summed E-state index contributed by atoms with van der Waals surface area (Å²) in [7, 11) is 0. The van der Waals surface area contributed by atoms with Crippen LogP contribution in [0.15, 0.2) is 30.5 Å². The average Bonchev–Trinajstić information content (AvgIpc) is 3.08. The van der Waals surface area contributed by atoms with Gasteiger partial charge in [-0.15, -0.1) is 0 Å². The van der Waals surface area contributed by atoms with E-state index in [1.54, 1.807) is 15.8 Å². The molecule has 1 aromatic carbocycles. The minimum Gasteiger partial charge on any atom is -0.369 e. The number of primary amides is 1. The van der Waals surface area contributed by atoms with Crippen LogP contribution >= 0.6 is 0 Å². The molecular formula is C18H22N4O2. The van der Waals surface area contributed by atoms with Crippen molar-refractivity contribution in [3.63, 3.8) is 0 Å². The quantitative estimate of drug-likeness (QED) is 0.925. The molecule has 1 aliphatic carbocycles. The summed E-state index contributed by atoms with van der Waals surface area (Å²) < 4.78 is 1.72. The van der Waals surface area contributed by atoms with Gasteiger partial charge in [-0.2, -0.15) is 5.10 Å². The molecule has 2 aromatic rings. The van der Waals surface area contributed by atoms with Gasteiger partial charge in [0.25, 0.3) is 0 Å². The molecule has 1 aliphatic heterocycles. The van der Waals surface area contributed by atoms with Crippen LogP contribution < -0.4 is 5.73 Å².